The van der Waals surface area contributed by atoms with Crippen molar-refractivity contribution in [1.29, 1.82) is 0 Å². The van der Waals surface area contributed by atoms with Gasteiger partial charge in [-0.3, -0.25) is 0 Å². The summed E-state index contributed by atoms with van der Waals surface area (Å²) >= 11 is 7.89. The van der Waals surface area contributed by atoms with Crippen molar-refractivity contribution >= 4 is 22.9 Å². The lowest BCUT2D eigenvalue weighted by molar-refractivity contribution is 0.444. The predicted octanol–water partition coefficient (Wildman–Crippen LogP) is 5.73. The van der Waals surface area contributed by atoms with E-state index in [4.69, 9.17) is 11.6 Å². The van der Waals surface area contributed by atoms with Crippen molar-refractivity contribution in [1.82, 2.24) is 5.32 Å². The van der Waals surface area contributed by atoms with Gasteiger partial charge in [-0.05, 0) is 42.5 Å². The Balaban J connectivity index is 2.13. The van der Waals surface area contributed by atoms with Crippen LogP contribution in [0.5, 0.6) is 0 Å². The molecule has 4 heteroatoms. The Morgan fingerprint density at radius 1 is 1.35 bits per heavy atom. The first kappa shape index (κ1) is 15.5. The standard InChI is InChI=1S/C16H19ClFNS/c1-3-5-15(16-6-4-9-20-16)19-11(2)13-8-7-12(18)10-14(13)17/h4,6-11,15,19H,3,5H2,1-2H3. The first-order valence-electron chi connectivity index (χ1n) is 6.86. The molecule has 20 heavy (non-hydrogen) atoms. The third kappa shape index (κ3) is 3.81. The van der Waals surface area contributed by atoms with Gasteiger partial charge in [-0.1, -0.05) is 37.1 Å². The van der Waals surface area contributed by atoms with E-state index in [1.165, 1.54) is 17.0 Å². The fourth-order valence-electron chi connectivity index (χ4n) is 2.33. The summed E-state index contributed by atoms with van der Waals surface area (Å²) in [5.41, 5.74) is 0.936. The first-order chi connectivity index (χ1) is 9.61. The van der Waals surface area contributed by atoms with Crippen LogP contribution in [0.4, 0.5) is 4.39 Å². The molecule has 2 aromatic rings. The van der Waals surface area contributed by atoms with Crippen LogP contribution in [0.3, 0.4) is 0 Å². The maximum Gasteiger partial charge on any atom is 0.124 e. The first-order valence-corrected chi connectivity index (χ1v) is 8.12. The highest BCUT2D eigenvalue weighted by atomic mass is 35.5. The Labute approximate surface area is 128 Å². The van der Waals surface area contributed by atoms with E-state index >= 15 is 0 Å². The minimum absolute atomic E-state index is 0.0850. The zero-order chi connectivity index (χ0) is 14.5. The summed E-state index contributed by atoms with van der Waals surface area (Å²) < 4.78 is 13.1. The maximum absolute atomic E-state index is 13.1. The van der Waals surface area contributed by atoms with Crippen molar-refractivity contribution in [2.75, 3.05) is 0 Å². The van der Waals surface area contributed by atoms with Crippen LogP contribution >= 0.6 is 22.9 Å². The molecule has 0 amide bonds. The molecule has 0 fully saturated rings. The highest BCUT2D eigenvalue weighted by Crippen LogP contribution is 2.29. The Bertz CT molecular complexity index is 541. The van der Waals surface area contributed by atoms with E-state index in [1.807, 2.05) is 0 Å². The number of halogens is 2. The Kier molecular flexibility index (Phi) is 5.58. The van der Waals surface area contributed by atoms with E-state index in [2.05, 4.69) is 36.7 Å². The van der Waals surface area contributed by atoms with Crippen molar-refractivity contribution in [2.45, 2.75) is 38.8 Å². The minimum Gasteiger partial charge on any atom is -0.303 e. The van der Waals surface area contributed by atoms with E-state index in [0.29, 0.717) is 11.1 Å². The molecule has 0 saturated carbocycles. The molecule has 0 spiro atoms. The molecule has 1 aromatic carbocycles. The SMILES string of the molecule is CCCC(NC(C)c1ccc(F)cc1Cl)c1cccs1. The molecule has 0 aliphatic heterocycles. The fourth-order valence-corrected chi connectivity index (χ4v) is 3.48. The number of hydrogen-bond donors (Lipinski definition) is 1. The van der Waals surface area contributed by atoms with E-state index in [-0.39, 0.29) is 11.9 Å². The van der Waals surface area contributed by atoms with Crippen molar-refractivity contribution < 1.29 is 4.39 Å². The Morgan fingerprint density at radius 3 is 2.75 bits per heavy atom. The predicted molar refractivity (Wildman–Crippen MR) is 84.9 cm³/mol. The molecule has 1 nitrogen and oxygen atoms in total. The molecule has 1 N–H and O–H groups in total. The average molecular weight is 312 g/mol. The molecule has 0 aliphatic carbocycles. The lowest BCUT2D eigenvalue weighted by Crippen LogP contribution is -2.24. The number of benzene rings is 1. The summed E-state index contributed by atoms with van der Waals surface area (Å²) in [5, 5.41) is 6.17. The van der Waals surface area contributed by atoms with Gasteiger partial charge in [-0.25, -0.2) is 4.39 Å². The van der Waals surface area contributed by atoms with Crippen LogP contribution in [0.15, 0.2) is 35.7 Å². The maximum atomic E-state index is 13.1. The molecule has 2 atom stereocenters. The Morgan fingerprint density at radius 2 is 2.15 bits per heavy atom. The van der Waals surface area contributed by atoms with Crippen molar-refractivity contribution in [3.63, 3.8) is 0 Å². The Hall–Kier alpha value is -0.900. The third-order valence-electron chi connectivity index (χ3n) is 3.34. The summed E-state index contributed by atoms with van der Waals surface area (Å²) in [6.45, 7) is 4.24. The molecule has 0 radical (unpaired) electrons. The second-order valence-electron chi connectivity index (χ2n) is 4.91. The smallest absolute Gasteiger partial charge is 0.124 e. The molecular weight excluding hydrogens is 293 g/mol. The third-order valence-corrected chi connectivity index (χ3v) is 4.66. The summed E-state index contributed by atoms with van der Waals surface area (Å²) in [5.74, 6) is -0.297. The zero-order valence-corrected chi connectivity index (χ0v) is 13.3. The molecule has 0 aliphatic rings. The number of nitrogens with one attached hydrogen (secondary N) is 1. The van der Waals surface area contributed by atoms with Gasteiger partial charge in [0.1, 0.15) is 5.82 Å². The van der Waals surface area contributed by atoms with Gasteiger partial charge in [0.2, 0.25) is 0 Å². The normalized spacial score (nSPS) is 14.2. The second-order valence-corrected chi connectivity index (χ2v) is 6.30. The van der Waals surface area contributed by atoms with Crippen LogP contribution in [0.1, 0.15) is 49.2 Å². The largest absolute Gasteiger partial charge is 0.303 e. The summed E-state index contributed by atoms with van der Waals surface area (Å²) in [6, 6.07) is 9.20. The zero-order valence-electron chi connectivity index (χ0n) is 11.7. The minimum atomic E-state index is -0.297. The molecule has 2 unspecified atom stereocenters. The van der Waals surface area contributed by atoms with Crippen LogP contribution in [0, 0.1) is 5.82 Å². The van der Waals surface area contributed by atoms with E-state index in [1.54, 1.807) is 17.4 Å². The highest BCUT2D eigenvalue weighted by molar-refractivity contribution is 7.10. The molecule has 1 aromatic heterocycles. The van der Waals surface area contributed by atoms with E-state index in [9.17, 15) is 4.39 Å². The monoisotopic (exact) mass is 311 g/mol. The average Bonchev–Trinajstić information content (AvgIpc) is 2.91. The summed E-state index contributed by atoms with van der Waals surface area (Å²) in [7, 11) is 0. The van der Waals surface area contributed by atoms with Gasteiger partial charge in [-0.2, -0.15) is 0 Å². The lowest BCUT2D eigenvalue weighted by atomic mass is 10.0. The van der Waals surface area contributed by atoms with Gasteiger partial charge < -0.3 is 5.32 Å². The molecule has 108 valence electrons. The van der Waals surface area contributed by atoms with Gasteiger partial charge in [0, 0.05) is 22.0 Å². The fraction of sp³-hybridized carbons (Fsp3) is 0.375. The van der Waals surface area contributed by atoms with Gasteiger partial charge in [0.05, 0.1) is 0 Å². The van der Waals surface area contributed by atoms with Crippen molar-refractivity contribution in [3.8, 4) is 0 Å². The van der Waals surface area contributed by atoms with E-state index < -0.39 is 0 Å². The second kappa shape index (κ2) is 7.21. The number of thiophene rings is 1. The van der Waals surface area contributed by atoms with Crippen molar-refractivity contribution in [2.24, 2.45) is 0 Å². The molecule has 0 saturated heterocycles. The van der Waals surface area contributed by atoms with Gasteiger partial charge in [0.25, 0.3) is 0 Å². The highest BCUT2D eigenvalue weighted by Gasteiger charge is 2.17. The quantitative estimate of drug-likeness (QED) is 0.718. The van der Waals surface area contributed by atoms with Crippen LogP contribution in [0.25, 0.3) is 0 Å². The van der Waals surface area contributed by atoms with Gasteiger partial charge in [-0.15, -0.1) is 11.3 Å². The number of rotatable bonds is 6. The molecule has 1 heterocycles. The van der Waals surface area contributed by atoms with Gasteiger partial charge >= 0.3 is 0 Å². The lowest BCUT2D eigenvalue weighted by Gasteiger charge is -2.23. The van der Waals surface area contributed by atoms with Crippen LogP contribution < -0.4 is 5.32 Å². The molecule has 2 rings (SSSR count). The van der Waals surface area contributed by atoms with Crippen molar-refractivity contribution in [3.05, 3.63) is 57.0 Å². The number of hydrogen-bond acceptors (Lipinski definition) is 2. The van der Waals surface area contributed by atoms with E-state index in [0.717, 1.165) is 18.4 Å². The van der Waals surface area contributed by atoms with Crippen LogP contribution in [-0.2, 0) is 0 Å². The van der Waals surface area contributed by atoms with Crippen LogP contribution in [-0.4, -0.2) is 0 Å². The van der Waals surface area contributed by atoms with Gasteiger partial charge in [0.15, 0.2) is 0 Å². The summed E-state index contributed by atoms with van der Waals surface area (Å²) in [4.78, 5) is 1.33. The molecule has 0 bridgehead atoms. The topological polar surface area (TPSA) is 12.0 Å². The molecular formula is C16H19ClFNS. The van der Waals surface area contributed by atoms with Crippen LogP contribution in [0.2, 0.25) is 5.02 Å². The summed E-state index contributed by atoms with van der Waals surface area (Å²) in [6.07, 6.45) is 2.18.